The first-order valence-electron chi connectivity index (χ1n) is 5.75. The van der Waals surface area contributed by atoms with Crippen LogP contribution in [0.25, 0.3) is 0 Å². The van der Waals surface area contributed by atoms with Crippen molar-refractivity contribution in [1.29, 1.82) is 0 Å². The predicted molar refractivity (Wildman–Crippen MR) is 67.7 cm³/mol. The molecule has 1 aromatic rings. The van der Waals surface area contributed by atoms with Crippen molar-refractivity contribution < 1.29 is 0 Å². The molecule has 16 heavy (non-hydrogen) atoms. The van der Waals surface area contributed by atoms with Crippen LogP contribution >= 0.6 is 0 Å². The summed E-state index contributed by atoms with van der Waals surface area (Å²) in [5.41, 5.74) is 7.93. The molecule has 2 N–H and O–H groups in total. The second-order valence-corrected chi connectivity index (χ2v) is 4.73. The summed E-state index contributed by atoms with van der Waals surface area (Å²) < 4.78 is 0. The molecule has 0 amide bonds. The van der Waals surface area contributed by atoms with Gasteiger partial charge in [0.05, 0.1) is 5.69 Å². The van der Waals surface area contributed by atoms with Crippen LogP contribution < -0.4 is 10.6 Å². The van der Waals surface area contributed by atoms with Gasteiger partial charge in [-0.25, -0.2) is 4.98 Å². The predicted octanol–water partition coefficient (Wildman–Crippen LogP) is 1.11. The Hall–Kier alpha value is -1.29. The Morgan fingerprint density at radius 2 is 2.19 bits per heavy atom. The van der Waals surface area contributed by atoms with Crippen LogP contribution in [0.15, 0.2) is 12.3 Å². The number of nitrogens with two attached hydrogens (primary N) is 1. The van der Waals surface area contributed by atoms with Gasteiger partial charge in [0.2, 0.25) is 0 Å². The summed E-state index contributed by atoms with van der Waals surface area (Å²) in [4.78, 5) is 9.10. The van der Waals surface area contributed by atoms with E-state index in [0.717, 1.165) is 36.7 Å². The maximum atomic E-state index is 6.03. The molecule has 1 unspecified atom stereocenters. The third-order valence-corrected chi connectivity index (χ3v) is 3.13. The van der Waals surface area contributed by atoms with Gasteiger partial charge in [0, 0.05) is 31.9 Å². The van der Waals surface area contributed by atoms with E-state index in [1.165, 1.54) is 0 Å². The first-order chi connectivity index (χ1) is 7.58. The molecule has 0 saturated carbocycles. The molecule has 0 radical (unpaired) electrons. The van der Waals surface area contributed by atoms with Crippen molar-refractivity contribution >= 4 is 11.5 Å². The zero-order chi connectivity index (χ0) is 11.7. The first-order valence-corrected chi connectivity index (χ1v) is 5.75. The highest BCUT2D eigenvalue weighted by molar-refractivity contribution is 5.64. The van der Waals surface area contributed by atoms with Crippen molar-refractivity contribution in [1.82, 2.24) is 9.88 Å². The van der Waals surface area contributed by atoms with E-state index >= 15 is 0 Å². The minimum Gasteiger partial charge on any atom is -0.396 e. The van der Waals surface area contributed by atoms with Gasteiger partial charge in [-0.05, 0) is 32.5 Å². The summed E-state index contributed by atoms with van der Waals surface area (Å²) in [6, 6.07) is 2.46. The first kappa shape index (κ1) is 11.2. The summed E-state index contributed by atoms with van der Waals surface area (Å²) >= 11 is 0. The van der Waals surface area contributed by atoms with Crippen LogP contribution in [0.5, 0.6) is 0 Å². The number of aromatic nitrogens is 1. The van der Waals surface area contributed by atoms with Gasteiger partial charge in [0.25, 0.3) is 0 Å². The molecule has 1 aromatic heterocycles. The molecule has 4 heteroatoms. The summed E-state index contributed by atoms with van der Waals surface area (Å²) in [5.74, 6) is 0.936. The van der Waals surface area contributed by atoms with E-state index in [1.54, 1.807) is 0 Å². The lowest BCUT2D eigenvalue weighted by atomic mass is 10.2. The SMILES string of the molecule is Cc1cnc(N2CCN(C)CC2C)c(N)c1. The van der Waals surface area contributed by atoms with Crippen LogP contribution in [0, 0.1) is 6.92 Å². The molecule has 0 bridgehead atoms. The minimum atomic E-state index is 0.469. The number of hydrogen-bond acceptors (Lipinski definition) is 4. The highest BCUT2D eigenvalue weighted by Crippen LogP contribution is 2.24. The van der Waals surface area contributed by atoms with Crippen molar-refractivity contribution in [3.8, 4) is 0 Å². The number of piperazine rings is 1. The average molecular weight is 220 g/mol. The molecule has 0 spiro atoms. The molecule has 1 fully saturated rings. The van der Waals surface area contributed by atoms with Crippen molar-refractivity contribution in [3.63, 3.8) is 0 Å². The zero-order valence-corrected chi connectivity index (χ0v) is 10.3. The molecule has 0 aromatic carbocycles. The Labute approximate surface area is 97.1 Å². The molecule has 0 aliphatic carbocycles. The lowest BCUT2D eigenvalue weighted by molar-refractivity contribution is 0.275. The number of nitrogen functional groups attached to an aromatic ring is 1. The Morgan fingerprint density at radius 3 is 2.81 bits per heavy atom. The largest absolute Gasteiger partial charge is 0.396 e. The highest BCUT2D eigenvalue weighted by Gasteiger charge is 2.23. The Kier molecular flexibility index (Phi) is 3.01. The molecule has 88 valence electrons. The number of aryl methyl sites for hydroxylation is 1. The van der Waals surface area contributed by atoms with E-state index < -0.39 is 0 Å². The maximum Gasteiger partial charge on any atom is 0.152 e. The molecular formula is C12H20N4. The molecule has 1 aliphatic rings. The van der Waals surface area contributed by atoms with Crippen LogP contribution in [0.2, 0.25) is 0 Å². The van der Waals surface area contributed by atoms with Crippen molar-refractivity contribution in [2.75, 3.05) is 37.3 Å². The smallest absolute Gasteiger partial charge is 0.152 e. The quantitative estimate of drug-likeness (QED) is 0.770. The fourth-order valence-electron chi connectivity index (χ4n) is 2.28. The highest BCUT2D eigenvalue weighted by atomic mass is 15.3. The Morgan fingerprint density at radius 1 is 1.44 bits per heavy atom. The molecular weight excluding hydrogens is 200 g/mol. The van der Waals surface area contributed by atoms with Gasteiger partial charge in [-0.3, -0.25) is 0 Å². The van der Waals surface area contributed by atoms with Gasteiger partial charge >= 0.3 is 0 Å². The fourth-order valence-corrected chi connectivity index (χ4v) is 2.28. The second kappa shape index (κ2) is 4.29. The van der Waals surface area contributed by atoms with E-state index in [9.17, 15) is 0 Å². The van der Waals surface area contributed by atoms with E-state index in [2.05, 4.69) is 28.8 Å². The number of likely N-dealkylation sites (N-methyl/N-ethyl adjacent to an activating group) is 1. The second-order valence-electron chi connectivity index (χ2n) is 4.73. The van der Waals surface area contributed by atoms with Crippen LogP contribution in [-0.2, 0) is 0 Å². The summed E-state index contributed by atoms with van der Waals surface area (Å²) in [5, 5.41) is 0. The Bertz CT molecular complexity index is 377. The van der Waals surface area contributed by atoms with E-state index in [0.29, 0.717) is 6.04 Å². The zero-order valence-electron chi connectivity index (χ0n) is 10.3. The standard InChI is InChI=1S/C12H20N4/c1-9-6-11(13)12(14-7-9)16-5-4-15(3)8-10(16)2/h6-7,10H,4-5,8,13H2,1-3H3. The fraction of sp³-hybridized carbons (Fsp3) is 0.583. The number of nitrogens with zero attached hydrogens (tertiary/aromatic N) is 3. The maximum absolute atomic E-state index is 6.03. The molecule has 2 heterocycles. The van der Waals surface area contributed by atoms with E-state index in [4.69, 9.17) is 5.73 Å². The van der Waals surface area contributed by atoms with E-state index in [-0.39, 0.29) is 0 Å². The summed E-state index contributed by atoms with van der Waals surface area (Å²) in [6.45, 7) is 7.36. The Balaban J connectivity index is 2.23. The van der Waals surface area contributed by atoms with Crippen LogP contribution in [0.1, 0.15) is 12.5 Å². The molecule has 1 atom stereocenters. The van der Waals surface area contributed by atoms with Gasteiger partial charge in [-0.15, -0.1) is 0 Å². The normalized spacial score (nSPS) is 22.4. The monoisotopic (exact) mass is 220 g/mol. The lowest BCUT2D eigenvalue weighted by Gasteiger charge is -2.39. The van der Waals surface area contributed by atoms with Crippen LogP contribution in [0.4, 0.5) is 11.5 Å². The average Bonchev–Trinajstić information content (AvgIpc) is 2.19. The molecule has 4 nitrogen and oxygen atoms in total. The molecule has 2 rings (SSSR count). The van der Waals surface area contributed by atoms with Gasteiger partial charge in [0.15, 0.2) is 5.82 Å². The number of pyridine rings is 1. The van der Waals surface area contributed by atoms with Crippen LogP contribution in [0.3, 0.4) is 0 Å². The van der Waals surface area contributed by atoms with Gasteiger partial charge in [-0.2, -0.15) is 0 Å². The van der Waals surface area contributed by atoms with Crippen molar-refractivity contribution in [2.24, 2.45) is 0 Å². The number of rotatable bonds is 1. The molecule has 1 saturated heterocycles. The minimum absolute atomic E-state index is 0.469. The summed E-state index contributed by atoms with van der Waals surface area (Å²) in [7, 11) is 2.15. The van der Waals surface area contributed by atoms with Gasteiger partial charge in [0.1, 0.15) is 0 Å². The van der Waals surface area contributed by atoms with Crippen molar-refractivity contribution in [2.45, 2.75) is 19.9 Å². The topological polar surface area (TPSA) is 45.4 Å². The summed E-state index contributed by atoms with van der Waals surface area (Å²) in [6.07, 6.45) is 1.89. The van der Waals surface area contributed by atoms with Gasteiger partial charge < -0.3 is 15.5 Å². The third-order valence-electron chi connectivity index (χ3n) is 3.13. The van der Waals surface area contributed by atoms with Gasteiger partial charge in [-0.1, -0.05) is 0 Å². The number of anilines is 2. The lowest BCUT2D eigenvalue weighted by Crippen LogP contribution is -2.51. The van der Waals surface area contributed by atoms with Crippen molar-refractivity contribution in [3.05, 3.63) is 17.8 Å². The van der Waals surface area contributed by atoms with Crippen LogP contribution in [-0.4, -0.2) is 42.6 Å². The molecule has 1 aliphatic heterocycles. The van der Waals surface area contributed by atoms with E-state index in [1.807, 2.05) is 19.2 Å². The number of hydrogen-bond donors (Lipinski definition) is 1. The third kappa shape index (κ3) is 2.11.